The summed E-state index contributed by atoms with van der Waals surface area (Å²) in [4.78, 5) is 38.4. The molecule has 1 heterocycles. The van der Waals surface area contributed by atoms with Crippen molar-refractivity contribution in [2.24, 2.45) is 0 Å². The van der Waals surface area contributed by atoms with Gasteiger partial charge in [-0.15, -0.1) is 0 Å². The third-order valence-electron chi connectivity index (χ3n) is 6.14. The number of anilines is 1. The van der Waals surface area contributed by atoms with Crippen LogP contribution in [0.1, 0.15) is 49.4 Å². The maximum Gasteiger partial charge on any atom is 0.300 e. The molecule has 1 aliphatic heterocycles. The molecule has 0 spiro atoms. The summed E-state index contributed by atoms with van der Waals surface area (Å²) in [6.07, 6.45) is 0. The fraction of sp³-hybridized carbons (Fsp3) is 0.214. The van der Waals surface area contributed by atoms with Crippen molar-refractivity contribution in [3.63, 3.8) is 0 Å². The highest BCUT2D eigenvalue weighted by Gasteiger charge is 2.47. The van der Waals surface area contributed by atoms with E-state index in [1.165, 1.54) is 29.2 Å². The zero-order valence-corrected chi connectivity index (χ0v) is 20.2. The molecule has 4 rings (SSSR count). The maximum atomic E-state index is 13.3. The van der Waals surface area contributed by atoms with Crippen molar-refractivity contribution in [2.75, 3.05) is 11.5 Å². The molecule has 1 saturated heterocycles. The average molecular weight is 487 g/mol. The molecule has 8 nitrogen and oxygen atoms in total. The van der Waals surface area contributed by atoms with Crippen LogP contribution in [0.3, 0.4) is 0 Å². The number of aliphatic hydroxyl groups excluding tert-OH is 1. The molecule has 184 valence electrons. The van der Waals surface area contributed by atoms with Gasteiger partial charge in [-0.05, 0) is 60.4 Å². The molecule has 3 aromatic carbocycles. The standard InChI is InChI=1S/C28H26N2O6/c1-4-36-23-15-9-19(10-16-23)25-24(26(31)20-7-13-22(14-8-20)30(34)35)27(32)28(33)29(25)21-11-5-18(6-12-21)17(2)3/h5-17,25,31H,4H2,1-3H3/b26-24-. The lowest BCUT2D eigenvalue weighted by Crippen LogP contribution is -2.29. The van der Waals surface area contributed by atoms with Crippen LogP contribution >= 0.6 is 0 Å². The molecule has 1 unspecified atom stereocenters. The fourth-order valence-electron chi connectivity index (χ4n) is 4.24. The molecule has 1 aliphatic rings. The predicted molar refractivity (Wildman–Crippen MR) is 136 cm³/mol. The number of carbonyl (C=O) groups excluding carboxylic acids is 2. The van der Waals surface area contributed by atoms with Gasteiger partial charge >= 0.3 is 0 Å². The number of nitrogens with zero attached hydrogens (tertiary/aromatic N) is 2. The molecule has 1 amide bonds. The Morgan fingerprint density at radius 3 is 2.14 bits per heavy atom. The van der Waals surface area contributed by atoms with E-state index in [-0.39, 0.29) is 16.8 Å². The molecule has 0 aliphatic carbocycles. The van der Waals surface area contributed by atoms with E-state index in [0.717, 1.165) is 5.56 Å². The van der Waals surface area contributed by atoms with E-state index in [9.17, 15) is 24.8 Å². The Morgan fingerprint density at radius 2 is 1.61 bits per heavy atom. The zero-order chi connectivity index (χ0) is 26.0. The molecule has 1 N–H and O–H groups in total. The van der Waals surface area contributed by atoms with Crippen LogP contribution in [0.2, 0.25) is 0 Å². The van der Waals surface area contributed by atoms with Crippen molar-refractivity contribution in [1.82, 2.24) is 0 Å². The number of Topliss-reactive ketones (excluding diaryl/α,β-unsaturated/α-hetero) is 1. The van der Waals surface area contributed by atoms with E-state index in [1.54, 1.807) is 36.4 Å². The first-order chi connectivity index (χ1) is 17.2. The number of nitro benzene ring substituents is 1. The minimum atomic E-state index is -0.902. The zero-order valence-electron chi connectivity index (χ0n) is 20.2. The van der Waals surface area contributed by atoms with Crippen LogP contribution in [0.25, 0.3) is 5.76 Å². The number of non-ortho nitro benzene ring substituents is 1. The summed E-state index contributed by atoms with van der Waals surface area (Å²) in [5.74, 6) is -1.08. The van der Waals surface area contributed by atoms with Crippen molar-refractivity contribution in [2.45, 2.75) is 32.7 Å². The molecular weight excluding hydrogens is 460 g/mol. The van der Waals surface area contributed by atoms with Gasteiger partial charge in [-0.3, -0.25) is 24.6 Å². The van der Waals surface area contributed by atoms with Crippen molar-refractivity contribution < 1.29 is 24.4 Å². The van der Waals surface area contributed by atoms with Crippen molar-refractivity contribution in [3.05, 3.63) is 105 Å². The van der Waals surface area contributed by atoms with Crippen LogP contribution in [0.15, 0.2) is 78.4 Å². The highest BCUT2D eigenvalue weighted by molar-refractivity contribution is 6.51. The molecule has 0 radical (unpaired) electrons. The number of nitro groups is 1. The summed E-state index contributed by atoms with van der Waals surface area (Å²) in [6.45, 7) is 6.48. The molecule has 1 atom stereocenters. The van der Waals surface area contributed by atoms with Gasteiger partial charge < -0.3 is 9.84 Å². The summed E-state index contributed by atoms with van der Waals surface area (Å²) in [5.41, 5.74) is 2.16. The van der Waals surface area contributed by atoms with E-state index >= 15 is 0 Å². The van der Waals surface area contributed by atoms with Gasteiger partial charge in [-0.25, -0.2) is 0 Å². The number of carbonyl (C=O) groups is 2. The highest BCUT2D eigenvalue weighted by atomic mass is 16.6. The Labute approximate surface area is 208 Å². The first kappa shape index (κ1) is 24.7. The lowest BCUT2D eigenvalue weighted by atomic mass is 9.95. The number of ether oxygens (including phenoxy) is 1. The topological polar surface area (TPSA) is 110 Å². The minimum absolute atomic E-state index is 0.0917. The minimum Gasteiger partial charge on any atom is -0.507 e. The van der Waals surface area contributed by atoms with Crippen molar-refractivity contribution >= 4 is 28.8 Å². The van der Waals surface area contributed by atoms with Crippen LogP contribution in [0, 0.1) is 10.1 Å². The third kappa shape index (κ3) is 4.57. The highest BCUT2D eigenvalue weighted by Crippen LogP contribution is 2.42. The van der Waals surface area contributed by atoms with Gasteiger partial charge in [-0.2, -0.15) is 0 Å². The van der Waals surface area contributed by atoms with Crippen LogP contribution in [0.5, 0.6) is 5.75 Å². The SMILES string of the molecule is CCOc1ccc(C2/C(=C(/O)c3ccc([N+](=O)[O-])cc3)C(=O)C(=O)N2c2ccc(C(C)C)cc2)cc1. The van der Waals surface area contributed by atoms with Crippen LogP contribution < -0.4 is 9.64 Å². The molecule has 0 saturated carbocycles. The fourth-order valence-corrected chi connectivity index (χ4v) is 4.24. The Kier molecular flexibility index (Phi) is 6.87. The molecule has 0 aromatic heterocycles. The maximum absolute atomic E-state index is 13.3. The summed E-state index contributed by atoms with van der Waals surface area (Å²) in [6, 6.07) is 18.7. The smallest absolute Gasteiger partial charge is 0.300 e. The Hall–Kier alpha value is -4.46. The quantitative estimate of drug-likeness (QED) is 0.150. The first-order valence-electron chi connectivity index (χ1n) is 11.6. The Balaban J connectivity index is 1.87. The summed E-state index contributed by atoms with van der Waals surface area (Å²) >= 11 is 0. The third-order valence-corrected chi connectivity index (χ3v) is 6.14. The predicted octanol–water partition coefficient (Wildman–Crippen LogP) is 5.74. The molecule has 0 bridgehead atoms. The molecular formula is C28H26N2O6. The van der Waals surface area contributed by atoms with Crippen molar-refractivity contribution in [3.8, 4) is 5.75 Å². The first-order valence-corrected chi connectivity index (χ1v) is 11.6. The lowest BCUT2D eigenvalue weighted by Gasteiger charge is -2.26. The monoisotopic (exact) mass is 486 g/mol. The Morgan fingerprint density at radius 1 is 1.00 bits per heavy atom. The number of rotatable bonds is 7. The van der Waals surface area contributed by atoms with Crippen LogP contribution in [-0.2, 0) is 9.59 Å². The number of hydrogen-bond acceptors (Lipinski definition) is 6. The second kappa shape index (κ2) is 10.0. The normalized spacial score (nSPS) is 17.0. The second-order valence-electron chi connectivity index (χ2n) is 8.72. The number of aliphatic hydroxyl groups is 1. The van der Waals surface area contributed by atoms with E-state index in [0.29, 0.717) is 29.5 Å². The number of ketones is 1. The van der Waals surface area contributed by atoms with Crippen molar-refractivity contribution in [1.29, 1.82) is 0 Å². The second-order valence-corrected chi connectivity index (χ2v) is 8.72. The Bertz CT molecular complexity index is 1330. The molecule has 1 fully saturated rings. The van der Waals surface area contributed by atoms with Gasteiger partial charge in [0, 0.05) is 23.4 Å². The van der Waals surface area contributed by atoms with E-state index in [2.05, 4.69) is 13.8 Å². The largest absolute Gasteiger partial charge is 0.507 e. The number of amides is 1. The van der Waals surface area contributed by atoms with Crippen LogP contribution in [0.4, 0.5) is 11.4 Å². The number of benzene rings is 3. The summed E-state index contributed by atoms with van der Waals surface area (Å²) in [7, 11) is 0. The van der Waals surface area contributed by atoms with E-state index < -0.39 is 28.4 Å². The van der Waals surface area contributed by atoms with Gasteiger partial charge in [0.05, 0.1) is 23.1 Å². The van der Waals surface area contributed by atoms with E-state index in [1.807, 2.05) is 19.1 Å². The van der Waals surface area contributed by atoms with Gasteiger partial charge in [0.1, 0.15) is 11.5 Å². The molecule has 3 aromatic rings. The summed E-state index contributed by atoms with van der Waals surface area (Å²) in [5, 5.41) is 22.2. The van der Waals surface area contributed by atoms with Gasteiger partial charge in [0.15, 0.2) is 0 Å². The molecule has 36 heavy (non-hydrogen) atoms. The molecule has 8 heteroatoms. The number of hydrogen-bond donors (Lipinski definition) is 1. The lowest BCUT2D eigenvalue weighted by molar-refractivity contribution is -0.384. The average Bonchev–Trinajstić information content (AvgIpc) is 3.14. The van der Waals surface area contributed by atoms with E-state index in [4.69, 9.17) is 4.74 Å². The van der Waals surface area contributed by atoms with Gasteiger partial charge in [0.2, 0.25) is 0 Å². The van der Waals surface area contributed by atoms with Gasteiger partial charge in [-0.1, -0.05) is 38.1 Å². The van der Waals surface area contributed by atoms with Crippen LogP contribution in [-0.4, -0.2) is 28.3 Å². The summed E-state index contributed by atoms with van der Waals surface area (Å²) < 4.78 is 5.52. The van der Waals surface area contributed by atoms with Gasteiger partial charge in [0.25, 0.3) is 17.4 Å².